The first-order valence-corrected chi connectivity index (χ1v) is 7.29. The monoisotopic (exact) mass is 275 g/mol. The zero-order valence-corrected chi connectivity index (χ0v) is 11.7. The minimum Gasteiger partial charge on any atom is -0.387 e. The third-order valence-electron chi connectivity index (χ3n) is 2.10. The molecule has 0 aromatic carbocycles. The summed E-state index contributed by atoms with van der Waals surface area (Å²) < 4.78 is 0. The molecule has 0 bridgehead atoms. The number of carbonyl (C=O) groups excluding carboxylic acids is 1. The number of thiazole rings is 1. The number of hydrogen-bond acceptors (Lipinski definition) is 6. The summed E-state index contributed by atoms with van der Waals surface area (Å²) >= 11 is 2.69. The van der Waals surface area contributed by atoms with Crippen LogP contribution in [-0.4, -0.2) is 40.2 Å². The average Bonchev–Trinajstić information content (AvgIpc) is 2.54. The van der Waals surface area contributed by atoms with E-state index in [1.165, 1.54) is 11.8 Å². The van der Waals surface area contributed by atoms with E-state index in [0.717, 1.165) is 11.3 Å². The van der Waals surface area contributed by atoms with Crippen molar-refractivity contribution in [2.75, 3.05) is 24.3 Å². The summed E-state index contributed by atoms with van der Waals surface area (Å²) in [5.41, 5.74) is 5.24. The van der Waals surface area contributed by atoms with Crippen LogP contribution >= 0.6 is 23.1 Å². The summed E-state index contributed by atoms with van der Waals surface area (Å²) in [7, 11) is 0. The lowest BCUT2D eigenvalue weighted by Crippen LogP contribution is -2.42. The first-order chi connectivity index (χ1) is 7.85. The zero-order valence-electron chi connectivity index (χ0n) is 10.1. The topological polar surface area (TPSA) is 88.2 Å². The molecule has 0 saturated heterocycles. The van der Waals surface area contributed by atoms with Crippen LogP contribution in [0.4, 0.5) is 5.13 Å². The summed E-state index contributed by atoms with van der Waals surface area (Å²) in [6.07, 6.45) is 1.91. The van der Waals surface area contributed by atoms with Crippen molar-refractivity contribution in [3.63, 3.8) is 0 Å². The second kappa shape index (κ2) is 5.70. The molecule has 1 amide bonds. The summed E-state index contributed by atoms with van der Waals surface area (Å²) in [5, 5.41) is 13.0. The van der Waals surface area contributed by atoms with E-state index in [0.29, 0.717) is 21.5 Å². The van der Waals surface area contributed by atoms with Crippen LogP contribution in [0, 0.1) is 6.92 Å². The van der Waals surface area contributed by atoms with E-state index in [2.05, 4.69) is 10.3 Å². The fourth-order valence-corrected chi connectivity index (χ4v) is 2.81. The molecular weight excluding hydrogens is 258 g/mol. The zero-order chi connectivity index (χ0) is 13.1. The van der Waals surface area contributed by atoms with Crippen LogP contribution in [0.3, 0.4) is 0 Å². The first-order valence-electron chi connectivity index (χ1n) is 5.08. The molecule has 4 N–H and O–H groups in total. The normalized spacial score (nSPS) is 14.4. The molecule has 0 aliphatic rings. The number of aliphatic hydroxyl groups is 1. The van der Waals surface area contributed by atoms with Crippen molar-refractivity contribution < 1.29 is 9.90 Å². The van der Waals surface area contributed by atoms with Gasteiger partial charge in [-0.15, -0.1) is 0 Å². The lowest BCUT2D eigenvalue weighted by molar-refractivity contribution is 0.0727. The summed E-state index contributed by atoms with van der Waals surface area (Å²) in [5.74, 6) is 0.329. The molecule has 1 rings (SSSR count). The van der Waals surface area contributed by atoms with Gasteiger partial charge in [0.05, 0.1) is 11.3 Å². The second-order valence-corrected chi connectivity index (χ2v) is 5.98. The number of aryl methyl sites for hydroxylation is 1. The lowest BCUT2D eigenvalue weighted by Gasteiger charge is -2.22. The molecule has 0 aliphatic carbocycles. The Morgan fingerprint density at radius 3 is 2.82 bits per heavy atom. The summed E-state index contributed by atoms with van der Waals surface area (Å²) in [6, 6.07) is 0. The molecule has 0 aliphatic heterocycles. The number of anilines is 1. The van der Waals surface area contributed by atoms with Gasteiger partial charge in [0.25, 0.3) is 5.91 Å². The smallest absolute Gasteiger partial charge is 0.263 e. The van der Waals surface area contributed by atoms with Crippen molar-refractivity contribution in [2.24, 2.45) is 0 Å². The molecule has 1 heterocycles. The number of nitrogens with zero attached hydrogens (tertiary/aromatic N) is 1. The van der Waals surface area contributed by atoms with E-state index >= 15 is 0 Å². The molecule has 1 atom stereocenters. The van der Waals surface area contributed by atoms with E-state index in [1.807, 2.05) is 6.26 Å². The predicted molar refractivity (Wildman–Crippen MR) is 72.6 cm³/mol. The van der Waals surface area contributed by atoms with Gasteiger partial charge >= 0.3 is 0 Å². The quantitative estimate of drug-likeness (QED) is 0.742. The van der Waals surface area contributed by atoms with E-state index in [9.17, 15) is 9.90 Å². The highest BCUT2D eigenvalue weighted by Gasteiger charge is 2.22. The molecule has 17 heavy (non-hydrogen) atoms. The third-order valence-corrected chi connectivity index (χ3v) is 4.00. The van der Waals surface area contributed by atoms with Crippen LogP contribution < -0.4 is 11.1 Å². The molecule has 1 unspecified atom stereocenters. The van der Waals surface area contributed by atoms with Crippen LogP contribution in [0.5, 0.6) is 0 Å². The Kier molecular flexibility index (Phi) is 4.79. The standard InChI is InChI=1S/C10H17N3O2S2/c1-6-7(17-9(11)13-6)8(14)12-4-10(2,15)5-16-3/h15H,4-5H2,1-3H3,(H2,11,13)(H,12,14). The van der Waals surface area contributed by atoms with Gasteiger partial charge in [0.2, 0.25) is 0 Å². The van der Waals surface area contributed by atoms with Crippen molar-refractivity contribution >= 4 is 34.1 Å². The number of hydrogen-bond donors (Lipinski definition) is 3. The van der Waals surface area contributed by atoms with Gasteiger partial charge in [-0.3, -0.25) is 4.79 Å². The molecule has 1 aromatic rings. The van der Waals surface area contributed by atoms with Crippen molar-refractivity contribution in [1.82, 2.24) is 10.3 Å². The molecule has 0 radical (unpaired) electrons. The van der Waals surface area contributed by atoms with E-state index in [1.54, 1.807) is 13.8 Å². The number of nitrogens with two attached hydrogens (primary N) is 1. The van der Waals surface area contributed by atoms with Crippen molar-refractivity contribution in [1.29, 1.82) is 0 Å². The largest absolute Gasteiger partial charge is 0.387 e. The van der Waals surface area contributed by atoms with Gasteiger partial charge in [0.15, 0.2) is 5.13 Å². The Morgan fingerprint density at radius 2 is 2.35 bits per heavy atom. The van der Waals surface area contributed by atoms with E-state index in [4.69, 9.17) is 5.73 Å². The highest BCUT2D eigenvalue weighted by molar-refractivity contribution is 7.98. The van der Waals surface area contributed by atoms with Crippen molar-refractivity contribution in [3.8, 4) is 0 Å². The van der Waals surface area contributed by atoms with E-state index < -0.39 is 5.60 Å². The van der Waals surface area contributed by atoms with Gasteiger partial charge in [0, 0.05) is 12.3 Å². The van der Waals surface area contributed by atoms with Crippen LogP contribution in [0.15, 0.2) is 0 Å². The number of amides is 1. The van der Waals surface area contributed by atoms with E-state index in [-0.39, 0.29) is 12.5 Å². The van der Waals surface area contributed by atoms with Crippen molar-refractivity contribution in [3.05, 3.63) is 10.6 Å². The Balaban J connectivity index is 2.59. The Bertz CT molecular complexity index is 404. The Labute approximate surface area is 109 Å². The maximum Gasteiger partial charge on any atom is 0.263 e. The SMILES string of the molecule is CSCC(C)(O)CNC(=O)c1sc(N)nc1C. The number of nitrogen functional groups attached to an aromatic ring is 1. The number of nitrogens with one attached hydrogen (secondary N) is 1. The number of rotatable bonds is 5. The van der Waals surface area contributed by atoms with Crippen LogP contribution in [0.2, 0.25) is 0 Å². The van der Waals surface area contributed by atoms with Gasteiger partial charge < -0.3 is 16.2 Å². The molecule has 1 aromatic heterocycles. The summed E-state index contributed by atoms with van der Waals surface area (Å²) in [6.45, 7) is 3.64. The third kappa shape index (κ3) is 4.18. The minimum absolute atomic E-state index is 0.212. The van der Waals surface area contributed by atoms with Gasteiger partial charge in [0.1, 0.15) is 4.88 Å². The maximum absolute atomic E-state index is 11.8. The molecule has 96 valence electrons. The maximum atomic E-state index is 11.8. The molecular formula is C10H17N3O2S2. The minimum atomic E-state index is -0.904. The lowest BCUT2D eigenvalue weighted by atomic mass is 10.1. The molecule has 0 fully saturated rings. The molecule has 5 nitrogen and oxygen atoms in total. The van der Waals surface area contributed by atoms with Crippen LogP contribution in [0.25, 0.3) is 0 Å². The predicted octanol–water partition coefficient (Wildman–Crippen LogP) is 0.878. The molecule has 0 spiro atoms. The highest BCUT2D eigenvalue weighted by atomic mass is 32.2. The molecule has 0 saturated carbocycles. The average molecular weight is 275 g/mol. The van der Waals surface area contributed by atoms with Gasteiger partial charge in [-0.05, 0) is 20.1 Å². The number of thioether (sulfide) groups is 1. The fraction of sp³-hybridized carbons (Fsp3) is 0.600. The van der Waals surface area contributed by atoms with Crippen LogP contribution in [-0.2, 0) is 0 Å². The first kappa shape index (κ1) is 14.3. The van der Waals surface area contributed by atoms with Gasteiger partial charge in [-0.1, -0.05) is 11.3 Å². The Hall–Kier alpha value is -0.790. The van der Waals surface area contributed by atoms with Gasteiger partial charge in [-0.25, -0.2) is 4.98 Å². The highest BCUT2D eigenvalue weighted by Crippen LogP contribution is 2.19. The summed E-state index contributed by atoms with van der Waals surface area (Å²) in [4.78, 5) is 16.3. The molecule has 7 heteroatoms. The van der Waals surface area contributed by atoms with Gasteiger partial charge in [-0.2, -0.15) is 11.8 Å². The van der Waals surface area contributed by atoms with Crippen LogP contribution in [0.1, 0.15) is 22.3 Å². The number of aromatic nitrogens is 1. The fourth-order valence-electron chi connectivity index (χ4n) is 1.34. The van der Waals surface area contributed by atoms with Crippen molar-refractivity contribution in [2.45, 2.75) is 19.4 Å². The Morgan fingerprint density at radius 1 is 1.71 bits per heavy atom. The number of carbonyl (C=O) groups is 1. The second-order valence-electron chi connectivity index (χ2n) is 4.08.